The highest BCUT2D eigenvalue weighted by Gasteiger charge is 2.28. The van der Waals surface area contributed by atoms with Crippen molar-refractivity contribution in [3.05, 3.63) is 47.1 Å². The lowest BCUT2D eigenvalue weighted by Gasteiger charge is -2.34. The van der Waals surface area contributed by atoms with Crippen molar-refractivity contribution in [2.75, 3.05) is 13.1 Å². The highest BCUT2D eigenvalue weighted by Crippen LogP contribution is 2.28. The van der Waals surface area contributed by atoms with Gasteiger partial charge in [-0.1, -0.05) is 6.07 Å². The third-order valence-electron chi connectivity index (χ3n) is 5.01. The number of piperidine rings is 1. The third kappa shape index (κ3) is 3.81. The number of aryl methyl sites for hydroxylation is 1. The Labute approximate surface area is 161 Å². The smallest absolute Gasteiger partial charge is 0.287 e. The zero-order chi connectivity index (χ0) is 18.8. The molecule has 8 heteroatoms. The fourth-order valence-corrected chi connectivity index (χ4v) is 3.99. The Kier molecular flexibility index (Phi) is 5.09. The molecule has 0 aliphatic carbocycles. The van der Waals surface area contributed by atoms with Gasteiger partial charge in [0.2, 0.25) is 5.89 Å². The number of carbonyl (C=O) groups excluding carboxylic acids is 1. The van der Waals surface area contributed by atoms with Gasteiger partial charge >= 0.3 is 0 Å². The molecule has 7 nitrogen and oxygen atoms in total. The molecule has 3 aromatic rings. The van der Waals surface area contributed by atoms with Gasteiger partial charge in [-0.2, -0.15) is 0 Å². The molecule has 1 atom stereocenters. The van der Waals surface area contributed by atoms with Gasteiger partial charge in [0.1, 0.15) is 0 Å². The fourth-order valence-electron chi connectivity index (χ4n) is 3.35. The average Bonchev–Trinajstić information content (AvgIpc) is 3.42. The molecule has 4 rings (SSSR count). The summed E-state index contributed by atoms with van der Waals surface area (Å²) in [6.07, 6.45) is 3.30. The summed E-state index contributed by atoms with van der Waals surface area (Å²) in [5, 5.41) is 13.5. The lowest BCUT2D eigenvalue weighted by molar-refractivity contribution is 0.0858. The molecule has 0 spiro atoms. The molecule has 0 saturated carbocycles. The van der Waals surface area contributed by atoms with Gasteiger partial charge in [0.15, 0.2) is 5.76 Å². The van der Waals surface area contributed by atoms with Crippen molar-refractivity contribution in [3.8, 4) is 10.8 Å². The van der Waals surface area contributed by atoms with E-state index in [1.807, 2.05) is 24.4 Å². The van der Waals surface area contributed by atoms with E-state index >= 15 is 0 Å². The van der Waals surface area contributed by atoms with Gasteiger partial charge in [-0.25, -0.2) is 0 Å². The van der Waals surface area contributed by atoms with Crippen LogP contribution in [0.2, 0.25) is 0 Å². The molecule has 1 unspecified atom stereocenters. The van der Waals surface area contributed by atoms with Gasteiger partial charge in [-0.05, 0) is 44.2 Å². The van der Waals surface area contributed by atoms with E-state index in [-0.39, 0.29) is 18.0 Å². The standard InChI is InChI=1S/C19H22N4O3S/c1-12-7-10-25-16(12)17(24)20-14-5-8-23(9-6-14)13(2)18-21-22-19(26-18)15-4-3-11-27-15/h3-4,7,10-11,13-14H,5-6,8-9H2,1-2H3,(H,20,24). The van der Waals surface area contributed by atoms with Gasteiger partial charge in [0.05, 0.1) is 17.2 Å². The number of aromatic nitrogens is 2. The largest absolute Gasteiger partial charge is 0.459 e. The molecular formula is C19H22N4O3S. The Morgan fingerprint density at radius 1 is 1.33 bits per heavy atom. The van der Waals surface area contributed by atoms with Gasteiger partial charge in [0.25, 0.3) is 11.8 Å². The number of hydrogen-bond acceptors (Lipinski definition) is 7. The molecule has 142 valence electrons. The fraction of sp³-hybridized carbons (Fsp3) is 0.421. The van der Waals surface area contributed by atoms with Crippen molar-refractivity contribution < 1.29 is 13.6 Å². The summed E-state index contributed by atoms with van der Waals surface area (Å²) in [6.45, 7) is 5.67. The summed E-state index contributed by atoms with van der Waals surface area (Å²) in [7, 11) is 0. The van der Waals surface area contributed by atoms with Crippen LogP contribution >= 0.6 is 11.3 Å². The van der Waals surface area contributed by atoms with Crippen molar-refractivity contribution >= 4 is 17.2 Å². The minimum atomic E-state index is -0.138. The molecule has 1 aliphatic heterocycles. The van der Waals surface area contributed by atoms with Crippen molar-refractivity contribution in [2.45, 2.75) is 38.8 Å². The summed E-state index contributed by atoms with van der Waals surface area (Å²) < 4.78 is 11.1. The first-order valence-electron chi connectivity index (χ1n) is 9.08. The molecular weight excluding hydrogens is 364 g/mol. The molecule has 1 amide bonds. The van der Waals surface area contributed by atoms with Crippen LogP contribution in [0.5, 0.6) is 0 Å². The first kappa shape index (κ1) is 17.9. The van der Waals surface area contributed by atoms with Crippen molar-refractivity contribution in [1.29, 1.82) is 0 Å². The summed E-state index contributed by atoms with van der Waals surface area (Å²) >= 11 is 1.58. The first-order chi connectivity index (χ1) is 13.1. The van der Waals surface area contributed by atoms with Crippen LogP contribution in [0, 0.1) is 6.92 Å². The molecule has 1 aliphatic rings. The minimum absolute atomic E-state index is 0.0511. The number of carbonyl (C=O) groups is 1. The Morgan fingerprint density at radius 3 is 2.81 bits per heavy atom. The molecule has 1 saturated heterocycles. The molecule has 0 bridgehead atoms. The summed E-state index contributed by atoms with van der Waals surface area (Å²) in [4.78, 5) is 15.6. The van der Waals surface area contributed by atoms with Crippen LogP contribution in [0.15, 0.2) is 38.7 Å². The SMILES string of the molecule is Cc1ccoc1C(=O)NC1CCN(C(C)c2nnc(-c3cccs3)o2)CC1. The zero-order valence-electron chi connectivity index (χ0n) is 15.3. The maximum absolute atomic E-state index is 12.3. The van der Waals surface area contributed by atoms with E-state index in [1.54, 1.807) is 23.7 Å². The number of thiophene rings is 1. The lowest BCUT2D eigenvalue weighted by atomic mass is 10.0. The second-order valence-electron chi connectivity index (χ2n) is 6.82. The molecule has 0 aromatic carbocycles. The molecule has 3 aromatic heterocycles. The van der Waals surface area contributed by atoms with E-state index in [1.165, 1.54) is 0 Å². The van der Waals surface area contributed by atoms with E-state index in [9.17, 15) is 4.79 Å². The van der Waals surface area contributed by atoms with E-state index in [2.05, 4.69) is 27.3 Å². The number of hydrogen-bond donors (Lipinski definition) is 1. The quantitative estimate of drug-likeness (QED) is 0.720. The number of likely N-dealkylation sites (tertiary alicyclic amines) is 1. The average molecular weight is 386 g/mol. The Bertz CT molecular complexity index is 894. The van der Waals surface area contributed by atoms with Crippen molar-refractivity contribution in [3.63, 3.8) is 0 Å². The van der Waals surface area contributed by atoms with E-state index in [0.29, 0.717) is 17.5 Å². The molecule has 4 heterocycles. The van der Waals surface area contributed by atoms with Gasteiger partial charge in [0, 0.05) is 24.7 Å². The highest BCUT2D eigenvalue weighted by atomic mass is 32.1. The van der Waals surface area contributed by atoms with E-state index in [0.717, 1.165) is 36.4 Å². The van der Waals surface area contributed by atoms with Crippen LogP contribution in [0.25, 0.3) is 10.8 Å². The van der Waals surface area contributed by atoms with E-state index in [4.69, 9.17) is 8.83 Å². The van der Waals surface area contributed by atoms with Crippen LogP contribution in [0.1, 0.15) is 47.8 Å². The predicted molar refractivity (Wildman–Crippen MR) is 102 cm³/mol. The maximum Gasteiger partial charge on any atom is 0.287 e. The number of nitrogens with one attached hydrogen (secondary N) is 1. The Balaban J connectivity index is 1.32. The highest BCUT2D eigenvalue weighted by molar-refractivity contribution is 7.13. The maximum atomic E-state index is 12.3. The molecule has 1 fully saturated rings. The molecule has 27 heavy (non-hydrogen) atoms. The summed E-state index contributed by atoms with van der Waals surface area (Å²) in [6, 6.07) is 5.94. The molecule has 0 radical (unpaired) electrons. The Hall–Kier alpha value is -2.45. The van der Waals surface area contributed by atoms with Crippen LogP contribution in [-0.4, -0.2) is 40.1 Å². The summed E-state index contributed by atoms with van der Waals surface area (Å²) in [5.41, 5.74) is 0.858. The zero-order valence-corrected chi connectivity index (χ0v) is 16.2. The van der Waals surface area contributed by atoms with Gasteiger partial charge < -0.3 is 14.2 Å². The number of rotatable bonds is 5. The lowest BCUT2D eigenvalue weighted by Crippen LogP contribution is -2.45. The normalized spacial score (nSPS) is 17.1. The molecule has 1 N–H and O–H groups in total. The monoisotopic (exact) mass is 386 g/mol. The van der Waals surface area contributed by atoms with E-state index < -0.39 is 0 Å². The second-order valence-corrected chi connectivity index (χ2v) is 7.76. The van der Waals surface area contributed by atoms with Gasteiger partial charge in [-0.15, -0.1) is 21.5 Å². The number of nitrogens with zero attached hydrogens (tertiary/aromatic N) is 3. The van der Waals surface area contributed by atoms with Gasteiger partial charge in [-0.3, -0.25) is 9.69 Å². The van der Waals surface area contributed by atoms with Crippen LogP contribution < -0.4 is 5.32 Å². The topological polar surface area (TPSA) is 84.4 Å². The van der Waals surface area contributed by atoms with Crippen molar-refractivity contribution in [1.82, 2.24) is 20.4 Å². The predicted octanol–water partition coefficient (Wildman–Crippen LogP) is 3.65. The summed E-state index contributed by atoms with van der Waals surface area (Å²) in [5.74, 6) is 1.47. The number of amides is 1. The minimum Gasteiger partial charge on any atom is -0.459 e. The van der Waals surface area contributed by atoms with Crippen molar-refractivity contribution in [2.24, 2.45) is 0 Å². The Morgan fingerprint density at radius 2 is 2.15 bits per heavy atom. The van der Waals surface area contributed by atoms with Crippen LogP contribution in [0.4, 0.5) is 0 Å². The number of furan rings is 1. The first-order valence-corrected chi connectivity index (χ1v) is 9.96. The third-order valence-corrected chi connectivity index (χ3v) is 5.87. The van der Waals surface area contributed by atoms with Crippen LogP contribution in [-0.2, 0) is 0 Å². The van der Waals surface area contributed by atoms with Crippen LogP contribution in [0.3, 0.4) is 0 Å². The second kappa shape index (κ2) is 7.66.